The molecule has 1 aliphatic carbocycles. The smallest absolute Gasteiger partial charge is 0.412 e. The van der Waals surface area contributed by atoms with E-state index in [1.54, 1.807) is 32.9 Å². The normalized spacial score (nSPS) is 23.0. The van der Waals surface area contributed by atoms with Gasteiger partial charge in [-0.05, 0) is 56.2 Å². The third-order valence-corrected chi connectivity index (χ3v) is 4.32. The van der Waals surface area contributed by atoms with Crippen LogP contribution in [0, 0.1) is 11.3 Å². The molecule has 1 saturated carbocycles. The summed E-state index contributed by atoms with van der Waals surface area (Å²) in [5.74, 6) is 0.818. The maximum Gasteiger partial charge on any atom is 0.412 e. The summed E-state index contributed by atoms with van der Waals surface area (Å²) < 4.78 is 5.19. The van der Waals surface area contributed by atoms with Gasteiger partial charge in [0.25, 0.3) is 0 Å². The highest BCUT2D eigenvalue weighted by atomic mass is 16.6. The number of amides is 1. The number of carbonyl (C=O) groups is 1. The second-order valence-corrected chi connectivity index (χ2v) is 7.54. The third-order valence-electron chi connectivity index (χ3n) is 4.32. The zero-order valence-electron chi connectivity index (χ0n) is 13.9. The van der Waals surface area contributed by atoms with Crippen molar-refractivity contribution >= 4 is 11.8 Å². The molecule has 0 spiro atoms. The van der Waals surface area contributed by atoms with E-state index in [4.69, 9.17) is 10.5 Å². The Bertz CT molecular complexity index is 576. The molecule has 1 aromatic carbocycles. The number of ether oxygens (including phenoxy) is 1. The van der Waals surface area contributed by atoms with Crippen LogP contribution in [0.5, 0.6) is 5.75 Å². The van der Waals surface area contributed by atoms with Crippen LogP contribution < -0.4 is 11.1 Å². The van der Waals surface area contributed by atoms with Crippen LogP contribution in [-0.4, -0.2) is 23.3 Å². The lowest BCUT2D eigenvalue weighted by atomic mass is 10.0. The van der Waals surface area contributed by atoms with Crippen LogP contribution in [0.2, 0.25) is 0 Å². The van der Waals surface area contributed by atoms with Gasteiger partial charge < -0.3 is 15.6 Å². The fourth-order valence-electron chi connectivity index (χ4n) is 3.11. The Labute approximate surface area is 131 Å². The van der Waals surface area contributed by atoms with Crippen LogP contribution in [0.3, 0.4) is 0 Å². The predicted molar refractivity (Wildman–Crippen MR) is 87.0 cm³/mol. The van der Waals surface area contributed by atoms with Gasteiger partial charge in [-0.3, -0.25) is 5.32 Å². The highest BCUT2D eigenvalue weighted by molar-refractivity contribution is 5.85. The van der Waals surface area contributed by atoms with Crippen LogP contribution in [0.4, 0.5) is 10.5 Å². The maximum atomic E-state index is 11.7. The van der Waals surface area contributed by atoms with Crippen LogP contribution in [0.15, 0.2) is 18.2 Å². The molecular formula is C17H26N2O3. The Balaban J connectivity index is 2.10. The number of rotatable bonds is 3. The quantitative estimate of drug-likeness (QED) is 0.798. The molecule has 22 heavy (non-hydrogen) atoms. The number of phenols is 1. The molecule has 0 radical (unpaired) electrons. The van der Waals surface area contributed by atoms with Gasteiger partial charge >= 0.3 is 6.09 Å². The number of aromatic hydroxyl groups is 1. The zero-order chi connectivity index (χ0) is 16.7. The molecule has 0 aromatic heterocycles. The van der Waals surface area contributed by atoms with Gasteiger partial charge in [0.1, 0.15) is 11.4 Å². The highest BCUT2D eigenvalue weighted by Gasteiger charge is 2.57. The molecule has 4 N–H and O–H groups in total. The molecule has 5 nitrogen and oxygen atoms in total. The van der Waals surface area contributed by atoms with E-state index in [0.29, 0.717) is 18.2 Å². The van der Waals surface area contributed by atoms with E-state index >= 15 is 0 Å². The van der Waals surface area contributed by atoms with E-state index in [0.717, 1.165) is 5.56 Å². The van der Waals surface area contributed by atoms with Crippen molar-refractivity contribution in [2.24, 2.45) is 17.1 Å². The van der Waals surface area contributed by atoms with Crippen molar-refractivity contribution in [1.82, 2.24) is 0 Å². The average molecular weight is 306 g/mol. The molecule has 1 aromatic rings. The van der Waals surface area contributed by atoms with Crippen LogP contribution in [-0.2, 0) is 4.74 Å². The molecular weight excluding hydrogens is 280 g/mol. The van der Waals surface area contributed by atoms with Gasteiger partial charge in [-0.15, -0.1) is 0 Å². The first kappa shape index (κ1) is 16.6. The van der Waals surface area contributed by atoms with Crippen LogP contribution in [0.1, 0.15) is 46.1 Å². The van der Waals surface area contributed by atoms with Crippen molar-refractivity contribution < 1.29 is 14.6 Å². The van der Waals surface area contributed by atoms with Gasteiger partial charge in [-0.25, -0.2) is 4.79 Å². The monoisotopic (exact) mass is 306 g/mol. The summed E-state index contributed by atoms with van der Waals surface area (Å²) in [5.41, 5.74) is 6.73. The molecule has 5 heteroatoms. The van der Waals surface area contributed by atoms with Gasteiger partial charge in [0.05, 0.1) is 0 Å². The first-order valence-corrected chi connectivity index (χ1v) is 7.59. The second kappa shape index (κ2) is 5.47. The molecule has 0 heterocycles. The lowest BCUT2D eigenvalue weighted by Crippen LogP contribution is -2.27. The largest absolute Gasteiger partial charge is 0.508 e. The Hall–Kier alpha value is -1.75. The standard InChI is InChI=1S/C17H26N2O3/c1-16(2,3)22-15(21)19-10-6-7-11(13(20)8-10)14-12(9-18)17(14,4)5/h6-8,12,14,20H,9,18H2,1-5H3,(H,19,21). The van der Waals surface area contributed by atoms with E-state index in [9.17, 15) is 9.90 Å². The molecule has 122 valence electrons. The van der Waals surface area contributed by atoms with Crippen molar-refractivity contribution in [3.63, 3.8) is 0 Å². The number of carbonyl (C=O) groups excluding carboxylic acids is 1. The molecule has 0 aliphatic heterocycles. The topological polar surface area (TPSA) is 84.6 Å². The van der Waals surface area contributed by atoms with Crippen molar-refractivity contribution in [3.8, 4) is 5.75 Å². The predicted octanol–water partition coefficient (Wildman–Crippen LogP) is 3.44. The van der Waals surface area contributed by atoms with E-state index in [1.807, 2.05) is 6.07 Å². The maximum absolute atomic E-state index is 11.7. The minimum atomic E-state index is -0.557. The number of nitrogens with one attached hydrogen (secondary N) is 1. The Morgan fingerprint density at radius 3 is 2.50 bits per heavy atom. The number of phenolic OH excluding ortho intramolecular Hbond substituents is 1. The third kappa shape index (κ3) is 3.35. The van der Waals surface area contributed by atoms with E-state index in [2.05, 4.69) is 19.2 Å². The molecule has 2 unspecified atom stereocenters. The Morgan fingerprint density at radius 1 is 1.41 bits per heavy atom. The summed E-state index contributed by atoms with van der Waals surface area (Å²) in [4.78, 5) is 11.7. The van der Waals surface area contributed by atoms with Gasteiger partial charge in [0, 0.05) is 11.8 Å². The number of nitrogens with two attached hydrogens (primary N) is 1. The minimum absolute atomic E-state index is 0.104. The van der Waals surface area contributed by atoms with Gasteiger partial charge in [-0.1, -0.05) is 19.9 Å². The Morgan fingerprint density at radius 2 is 2.05 bits per heavy atom. The molecule has 2 atom stereocenters. The first-order valence-electron chi connectivity index (χ1n) is 7.59. The number of anilines is 1. The van der Waals surface area contributed by atoms with E-state index < -0.39 is 11.7 Å². The lowest BCUT2D eigenvalue weighted by molar-refractivity contribution is 0.0636. The Kier molecular flexibility index (Phi) is 4.13. The highest BCUT2D eigenvalue weighted by Crippen LogP contribution is 2.65. The second-order valence-electron chi connectivity index (χ2n) is 7.54. The first-order chi connectivity index (χ1) is 10.1. The summed E-state index contributed by atoms with van der Waals surface area (Å²) >= 11 is 0. The minimum Gasteiger partial charge on any atom is -0.508 e. The summed E-state index contributed by atoms with van der Waals surface area (Å²) in [6.45, 7) is 10.3. The fourth-order valence-corrected chi connectivity index (χ4v) is 3.11. The molecule has 1 fully saturated rings. The van der Waals surface area contributed by atoms with Crippen molar-refractivity contribution in [1.29, 1.82) is 0 Å². The van der Waals surface area contributed by atoms with Crippen molar-refractivity contribution in [2.75, 3.05) is 11.9 Å². The molecule has 0 bridgehead atoms. The van der Waals surface area contributed by atoms with Crippen LogP contribution in [0.25, 0.3) is 0 Å². The van der Waals surface area contributed by atoms with Gasteiger partial charge in [-0.2, -0.15) is 0 Å². The molecule has 1 aliphatic rings. The van der Waals surface area contributed by atoms with Crippen LogP contribution >= 0.6 is 0 Å². The summed E-state index contributed by atoms with van der Waals surface area (Å²) in [6, 6.07) is 5.19. The molecule has 1 amide bonds. The molecule has 0 saturated heterocycles. The summed E-state index contributed by atoms with van der Waals surface area (Å²) in [5, 5.41) is 12.9. The molecule has 2 rings (SSSR count). The summed E-state index contributed by atoms with van der Waals surface area (Å²) in [7, 11) is 0. The van der Waals surface area contributed by atoms with E-state index in [1.165, 1.54) is 0 Å². The van der Waals surface area contributed by atoms with E-state index in [-0.39, 0.29) is 17.1 Å². The lowest BCUT2D eigenvalue weighted by Gasteiger charge is -2.19. The van der Waals surface area contributed by atoms with Gasteiger partial charge in [0.2, 0.25) is 0 Å². The van der Waals surface area contributed by atoms with Crippen molar-refractivity contribution in [3.05, 3.63) is 23.8 Å². The fraction of sp³-hybridized carbons (Fsp3) is 0.588. The number of hydrogen-bond acceptors (Lipinski definition) is 4. The van der Waals surface area contributed by atoms with Gasteiger partial charge in [0.15, 0.2) is 0 Å². The van der Waals surface area contributed by atoms with Crippen molar-refractivity contribution in [2.45, 2.75) is 46.1 Å². The number of hydrogen-bond donors (Lipinski definition) is 3. The average Bonchev–Trinajstić information content (AvgIpc) is 2.88. The summed E-state index contributed by atoms with van der Waals surface area (Å²) in [6.07, 6.45) is -0.536. The zero-order valence-corrected chi connectivity index (χ0v) is 13.9. The number of benzene rings is 1. The SMILES string of the molecule is CC(C)(C)OC(=O)Nc1ccc(C2C(CN)C2(C)C)c(O)c1.